The lowest BCUT2D eigenvalue weighted by Gasteiger charge is -2.24. The van der Waals surface area contributed by atoms with Crippen LogP contribution in [-0.2, 0) is 12.8 Å². The molecule has 1 saturated heterocycles. The Morgan fingerprint density at radius 2 is 2.00 bits per heavy atom. The summed E-state index contributed by atoms with van der Waals surface area (Å²) in [5.41, 5.74) is 3.48. The number of ketones is 1. The maximum absolute atomic E-state index is 12.9. The van der Waals surface area contributed by atoms with Gasteiger partial charge in [-0.2, -0.15) is 5.10 Å². The minimum absolute atomic E-state index is 0.0149. The minimum Gasteiger partial charge on any atom is -0.334 e. The van der Waals surface area contributed by atoms with Crippen LogP contribution in [0.2, 0.25) is 0 Å². The third kappa shape index (κ3) is 2.64. The number of benzene rings is 1. The van der Waals surface area contributed by atoms with E-state index in [0.717, 1.165) is 48.9 Å². The number of nitrogens with one attached hydrogen (secondary N) is 1. The van der Waals surface area contributed by atoms with Crippen molar-refractivity contribution >= 4 is 11.7 Å². The Kier molecular flexibility index (Phi) is 3.92. The second-order valence-corrected chi connectivity index (χ2v) is 6.67. The molecule has 0 saturated carbocycles. The van der Waals surface area contributed by atoms with Gasteiger partial charge in [-0.15, -0.1) is 0 Å². The lowest BCUT2D eigenvalue weighted by molar-refractivity contribution is 0.0710. The van der Waals surface area contributed by atoms with Crippen molar-refractivity contribution in [2.45, 2.75) is 44.6 Å². The molecule has 2 aliphatic rings. The van der Waals surface area contributed by atoms with Gasteiger partial charge in [0.05, 0.1) is 0 Å². The molecule has 1 fully saturated rings. The molecular formula is C19H21N3O2. The zero-order valence-corrected chi connectivity index (χ0v) is 13.6. The summed E-state index contributed by atoms with van der Waals surface area (Å²) in [5, 5.41) is 7.26. The number of rotatable bonds is 4. The molecule has 1 aromatic heterocycles. The summed E-state index contributed by atoms with van der Waals surface area (Å²) < 4.78 is 0. The highest BCUT2D eigenvalue weighted by molar-refractivity contribution is 5.98. The van der Waals surface area contributed by atoms with E-state index < -0.39 is 0 Å². The van der Waals surface area contributed by atoms with Crippen molar-refractivity contribution in [1.29, 1.82) is 0 Å². The van der Waals surface area contributed by atoms with Crippen LogP contribution < -0.4 is 0 Å². The molecule has 5 heteroatoms. The smallest absolute Gasteiger partial charge is 0.274 e. The molecule has 1 aliphatic heterocycles. The van der Waals surface area contributed by atoms with E-state index in [0.29, 0.717) is 18.7 Å². The number of hydrogen-bond acceptors (Lipinski definition) is 3. The van der Waals surface area contributed by atoms with E-state index in [-0.39, 0.29) is 17.7 Å². The van der Waals surface area contributed by atoms with Gasteiger partial charge in [0.25, 0.3) is 5.91 Å². The fourth-order valence-electron chi connectivity index (χ4n) is 3.90. The first-order valence-corrected chi connectivity index (χ1v) is 8.69. The molecule has 1 aliphatic carbocycles. The number of H-pyrrole nitrogens is 1. The Hall–Kier alpha value is -2.43. The summed E-state index contributed by atoms with van der Waals surface area (Å²) in [6, 6.07) is 9.31. The molecule has 5 nitrogen and oxygen atoms in total. The number of aryl methyl sites for hydroxylation is 1. The van der Waals surface area contributed by atoms with Crippen molar-refractivity contribution in [1.82, 2.24) is 15.1 Å². The highest BCUT2D eigenvalue weighted by Crippen LogP contribution is 2.28. The summed E-state index contributed by atoms with van der Waals surface area (Å²) in [4.78, 5) is 27.3. The number of carbonyl (C=O) groups excluding carboxylic acids is 2. The summed E-state index contributed by atoms with van der Waals surface area (Å²) in [6.07, 6.45) is 5.21. The maximum atomic E-state index is 12.9. The van der Waals surface area contributed by atoms with Gasteiger partial charge in [0.1, 0.15) is 0 Å². The van der Waals surface area contributed by atoms with Crippen LogP contribution in [0.3, 0.4) is 0 Å². The van der Waals surface area contributed by atoms with Gasteiger partial charge in [0.2, 0.25) is 0 Å². The number of carbonyl (C=O) groups is 2. The number of amides is 1. The normalized spacial score (nSPS) is 19.5. The predicted octanol–water partition coefficient (Wildman–Crippen LogP) is 2.78. The quantitative estimate of drug-likeness (QED) is 0.880. The van der Waals surface area contributed by atoms with E-state index in [1.165, 1.54) is 0 Å². The average Bonchev–Trinajstić information content (AvgIpc) is 3.31. The van der Waals surface area contributed by atoms with Crippen molar-refractivity contribution in [3.05, 3.63) is 52.8 Å². The molecule has 2 heterocycles. The van der Waals surface area contributed by atoms with Crippen molar-refractivity contribution in [3.63, 3.8) is 0 Å². The zero-order valence-electron chi connectivity index (χ0n) is 13.6. The highest BCUT2D eigenvalue weighted by atomic mass is 16.2. The Morgan fingerprint density at radius 1 is 1.17 bits per heavy atom. The topological polar surface area (TPSA) is 66.1 Å². The number of likely N-dealkylation sites (tertiary alicyclic amines) is 1. The number of aromatic amines is 1. The standard InChI is InChI=1S/C19H21N3O2/c23-17(13-6-2-1-3-7-13)12-14-8-5-11-22(14)19(24)18-15-9-4-10-16(15)20-21-18/h1-3,6-7,14H,4-5,8-12H2,(H,20,21)/t14-/m1/s1. The summed E-state index contributed by atoms with van der Waals surface area (Å²) in [7, 11) is 0. The van der Waals surface area contributed by atoms with Crippen LogP contribution in [0.15, 0.2) is 30.3 Å². The zero-order chi connectivity index (χ0) is 16.5. The largest absolute Gasteiger partial charge is 0.334 e. The summed E-state index contributed by atoms with van der Waals surface area (Å²) >= 11 is 0. The molecule has 1 amide bonds. The molecule has 1 N–H and O–H groups in total. The van der Waals surface area contributed by atoms with Crippen LogP contribution in [0.25, 0.3) is 0 Å². The SMILES string of the molecule is O=C(C[C@H]1CCCN1C(=O)c1n[nH]c2c1CCC2)c1ccccc1. The van der Waals surface area contributed by atoms with Gasteiger partial charge in [-0.1, -0.05) is 30.3 Å². The molecule has 124 valence electrons. The van der Waals surface area contributed by atoms with Crippen molar-refractivity contribution < 1.29 is 9.59 Å². The maximum Gasteiger partial charge on any atom is 0.274 e. The first kappa shape index (κ1) is 15.1. The van der Waals surface area contributed by atoms with Crippen molar-refractivity contribution in [2.75, 3.05) is 6.54 Å². The molecule has 1 aromatic carbocycles. The molecule has 2 aromatic rings. The third-order valence-electron chi connectivity index (χ3n) is 5.16. The number of Topliss-reactive ketones (excluding diaryl/α,β-unsaturated/α-hetero) is 1. The van der Waals surface area contributed by atoms with Gasteiger partial charge in [-0.3, -0.25) is 14.7 Å². The van der Waals surface area contributed by atoms with E-state index in [4.69, 9.17) is 0 Å². The van der Waals surface area contributed by atoms with Gasteiger partial charge in [0.15, 0.2) is 11.5 Å². The number of hydrogen-bond donors (Lipinski definition) is 1. The van der Waals surface area contributed by atoms with Gasteiger partial charge in [-0.05, 0) is 32.1 Å². The third-order valence-corrected chi connectivity index (χ3v) is 5.16. The lowest BCUT2D eigenvalue weighted by atomic mass is 10.0. The lowest BCUT2D eigenvalue weighted by Crippen LogP contribution is -2.37. The second-order valence-electron chi connectivity index (χ2n) is 6.67. The molecule has 1 atom stereocenters. The van der Waals surface area contributed by atoms with Crippen molar-refractivity contribution in [3.8, 4) is 0 Å². The highest BCUT2D eigenvalue weighted by Gasteiger charge is 2.34. The number of nitrogens with zero attached hydrogens (tertiary/aromatic N) is 2. The van der Waals surface area contributed by atoms with Gasteiger partial charge in [0, 0.05) is 35.8 Å². The van der Waals surface area contributed by atoms with E-state index in [1.54, 1.807) is 0 Å². The summed E-state index contributed by atoms with van der Waals surface area (Å²) in [6.45, 7) is 0.715. The Labute approximate surface area is 141 Å². The van der Waals surface area contributed by atoms with Crippen LogP contribution in [0.1, 0.15) is 57.8 Å². The number of aromatic nitrogens is 2. The molecule has 0 radical (unpaired) electrons. The Balaban J connectivity index is 1.50. The van der Waals surface area contributed by atoms with E-state index in [1.807, 2.05) is 35.2 Å². The van der Waals surface area contributed by atoms with E-state index >= 15 is 0 Å². The van der Waals surface area contributed by atoms with E-state index in [2.05, 4.69) is 10.2 Å². The van der Waals surface area contributed by atoms with Crippen LogP contribution in [0, 0.1) is 0 Å². The van der Waals surface area contributed by atoms with Gasteiger partial charge >= 0.3 is 0 Å². The molecular weight excluding hydrogens is 302 g/mol. The second kappa shape index (κ2) is 6.23. The number of fused-ring (bicyclic) bond motifs is 1. The van der Waals surface area contributed by atoms with Crippen LogP contribution in [0.4, 0.5) is 0 Å². The fourth-order valence-corrected chi connectivity index (χ4v) is 3.90. The Morgan fingerprint density at radius 3 is 2.83 bits per heavy atom. The predicted molar refractivity (Wildman–Crippen MR) is 90.1 cm³/mol. The molecule has 24 heavy (non-hydrogen) atoms. The molecule has 0 spiro atoms. The molecule has 0 bridgehead atoms. The minimum atomic E-state index is -0.0160. The fraction of sp³-hybridized carbons (Fsp3) is 0.421. The first-order chi connectivity index (χ1) is 11.7. The van der Waals surface area contributed by atoms with Crippen LogP contribution in [0.5, 0.6) is 0 Å². The average molecular weight is 323 g/mol. The van der Waals surface area contributed by atoms with Crippen LogP contribution in [-0.4, -0.2) is 39.4 Å². The van der Waals surface area contributed by atoms with Crippen LogP contribution >= 0.6 is 0 Å². The van der Waals surface area contributed by atoms with Gasteiger partial charge in [-0.25, -0.2) is 0 Å². The van der Waals surface area contributed by atoms with Gasteiger partial charge < -0.3 is 4.90 Å². The Bertz CT molecular complexity index is 766. The monoisotopic (exact) mass is 323 g/mol. The molecule has 0 unspecified atom stereocenters. The van der Waals surface area contributed by atoms with E-state index in [9.17, 15) is 9.59 Å². The first-order valence-electron chi connectivity index (χ1n) is 8.69. The van der Waals surface area contributed by atoms with Crippen molar-refractivity contribution in [2.24, 2.45) is 0 Å². The summed E-state index contributed by atoms with van der Waals surface area (Å²) in [5.74, 6) is 0.0883. The molecule has 4 rings (SSSR count).